The van der Waals surface area contributed by atoms with Gasteiger partial charge in [-0.3, -0.25) is 0 Å². The predicted octanol–water partition coefficient (Wildman–Crippen LogP) is 4.12. The van der Waals surface area contributed by atoms with Crippen LogP contribution in [0, 0.1) is 0 Å². The molecular weight excluding hydrogens is 270 g/mol. The van der Waals surface area contributed by atoms with E-state index in [-0.39, 0.29) is 0 Å². The molecule has 1 fully saturated rings. The summed E-state index contributed by atoms with van der Waals surface area (Å²) < 4.78 is 6.09. The zero-order valence-corrected chi connectivity index (χ0v) is 13.3. The fraction of sp³-hybridized carbons (Fsp3) is 0.733. The molecule has 1 aromatic heterocycles. The second-order valence-corrected chi connectivity index (χ2v) is 6.01. The molecule has 1 aromatic rings. The third kappa shape index (κ3) is 4.85. The van der Waals surface area contributed by atoms with Gasteiger partial charge >= 0.3 is 0 Å². The highest BCUT2D eigenvalue weighted by Gasteiger charge is 2.15. The van der Waals surface area contributed by atoms with Crippen molar-refractivity contribution in [2.75, 3.05) is 18.1 Å². The lowest BCUT2D eigenvalue weighted by molar-refractivity contribution is 0.174. The van der Waals surface area contributed by atoms with Crippen molar-refractivity contribution in [1.82, 2.24) is 9.97 Å². The van der Waals surface area contributed by atoms with E-state index in [0.717, 1.165) is 42.7 Å². The highest BCUT2D eigenvalue weighted by atomic mass is 32.2. The van der Waals surface area contributed by atoms with Gasteiger partial charge in [0.25, 0.3) is 0 Å². The molecule has 0 atom stereocenters. The topological polar surface area (TPSA) is 47.0 Å². The van der Waals surface area contributed by atoms with Gasteiger partial charge in [0.1, 0.15) is 11.9 Å². The maximum absolute atomic E-state index is 6.09. The van der Waals surface area contributed by atoms with Crippen LogP contribution < -0.4 is 10.1 Å². The van der Waals surface area contributed by atoms with Gasteiger partial charge in [0, 0.05) is 12.6 Å². The number of hydrogen-bond acceptors (Lipinski definition) is 5. The number of nitrogens with zero attached hydrogens (tertiary/aromatic N) is 2. The van der Waals surface area contributed by atoms with E-state index in [9.17, 15) is 0 Å². The van der Waals surface area contributed by atoms with Crippen LogP contribution in [0.25, 0.3) is 0 Å². The van der Waals surface area contributed by atoms with Crippen molar-refractivity contribution < 1.29 is 4.74 Å². The van der Waals surface area contributed by atoms with Crippen molar-refractivity contribution in [3.8, 4) is 5.88 Å². The molecule has 0 radical (unpaired) electrons. The van der Waals surface area contributed by atoms with Crippen molar-refractivity contribution in [3.63, 3.8) is 0 Å². The SMILES string of the molecule is CCCNc1cc(OC2CCCCCC2)nc(SC)n1. The minimum Gasteiger partial charge on any atom is -0.474 e. The smallest absolute Gasteiger partial charge is 0.219 e. The Morgan fingerprint density at radius 2 is 2.00 bits per heavy atom. The highest BCUT2D eigenvalue weighted by molar-refractivity contribution is 7.98. The number of hydrogen-bond donors (Lipinski definition) is 1. The van der Waals surface area contributed by atoms with Crippen LogP contribution in [0.1, 0.15) is 51.9 Å². The molecule has 20 heavy (non-hydrogen) atoms. The van der Waals surface area contributed by atoms with Gasteiger partial charge < -0.3 is 10.1 Å². The first kappa shape index (κ1) is 15.4. The second kappa shape index (κ2) is 8.35. The summed E-state index contributed by atoms with van der Waals surface area (Å²) in [5.74, 6) is 1.59. The van der Waals surface area contributed by atoms with Gasteiger partial charge in [-0.05, 0) is 38.4 Å². The van der Waals surface area contributed by atoms with E-state index in [0.29, 0.717) is 6.10 Å². The van der Waals surface area contributed by atoms with Crippen LogP contribution in [-0.4, -0.2) is 28.9 Å². The minimum atomic E-state index is 0.320. The number of anilines is 1. The third-order valence-electron chi connectivity index (χ3n) is 3.51. The van der Waals surface area contributed by atoms with Crippen LogP contribution in [0.3, 0.4) is 0 Å². The Morgan fingerprint density at radius 1 is 1.25 bits per heavy atom. The molecule has 5 heteroatoms. The molecule has 1 N–H and O–H groups in total. The van der Waals surface area contributed by atoms with Gasteiger partial charge in [-0.1, -0.05) is 31.5 Å². The lowest BCUT2D eigenvalue weighted by atomic mass is 10.1. The molecule has 0 unspecified atom stereocenters. The van der Waals surface area contributed by atoms with E-state index in [1.165, 1.54) is 25.7 Å². The van der Waals surface area contributed by atoms with Gasteiger partial charge in [-0.25, -0.2) is 4.98 Å². The van der Waals surface area contributed by atoms with Crippen molar-refractivity contribution in [2.45, 2.75) is 63.1 Å². The fourth-order valence-electron chi connectivity index (χ4n) is 2.43. The van der Waals surface area contributed by atoms with Gasteiger partial charge in [0.15, 0.2) is 5.16 Å². The summed E-state index contributed by atoms with van der Waals surface area (Å²) in [4.78, 5) is 8.94. The lowest BCUT2D eigenvalue weighted by Crippen LogP contribution is -2.16. The van der Waals surface area contributed by atoms with E-state index in [1.807, 2.05) is 12.3 Å². The molecule has 0 spiro atoms. The largest absolute Gasteiger partial charge is 0.474 e. The Balaban J connectivity index is 2.04. The Hall–Kier alpha value is -0.970. The van der Waals surface area contributed by atoms with Gasteiger partial charge in [-0.15, -0.1) is 0 Å². The van der Waals surface area contributed by atoms with Crippen molar-refractivity contribution in [1.29, 1.82) is 0 Å². The van der Waals surface area contributed by atoms with Gasteiger partial charge in [0.2, 0.25) is 5.88 Å². The molecule has 0 aliphatic heterocycles. The minimum absolute atomic E-state index is 0.320. The number of thioether (sulfide) groups is 1. The zero-order chi connectivity index (χ0) is 14.2. The Kier molecular flexibility index (Phi) is 6.43. The number of aromatic nitrogens is 2. The van der Waals surface area contributed by atoms with Gasteiger partial charge in [0.05, 0.1) is 0 Å². The molecule has 1 heterocycles. The summed E-state index contributed by atoms with van der Waals surface area (Å²) in [5, 5.41) is 4.09. The first-order valence-corrected chi connectivity index (χ1v) is 8.88. The molecule has 0 amide bonds. The monoisotopic (exact) mass is 295 g/mol. The van der Waals surface area contributed by atoms with E-state index >= 15 is 0 Å². The van der Waals surface area contributed by atoms with E-state index < -0.39 is 0 Å². The summed E-state index contributed by atoms with van der Waals surface area (Å²) in [6.07, 6.45) is 10.9. The molecule has 2 rings (SSSR count). The normalized spacial score (nSPS) is 16.7. The molecule has 0 bridgehead atoms. The summed E-state index contributed by atoms with van der Waals surface area (Å²) >= 11 is 1.55. The molecule has 1 aliphatic carbocycles. The summed E-state index contributed by atoms with van der Waals surface area (Å²) in [5.41, 5.74) is 0. The fourth-order valence-corrected chi connectivity index (χ4v) is 2.80. The quantitative estimate of drug-likeness (QED) is 0.486. The third-order valence-corrected chi connectivity index (χ3v) is 4.06. The van der Waals surface area contributed by atoms with Crippen LogP contribution in [0.2, 0.25) is 0 Å². The summed E-state index contributed by atoms with van der Waals surface area (Å²) in [7, 11) is 0. The maximum Gasteiger partial charge on any atom is 0.219 e. The summed E-state index contributed by atoms with van der Waals surface area (Å²) in [6.45, 7) is 3.07. The Morgan fingerprint density at radius 3 is 2.65 bits per heavy atom. The standard InChI is InChI=1S/C15H25N3OS/c1-3-10-16-13-11-14(18-15(17-13)20-2)19-12-8-6-4-5-7-9-12/h11-12H,3-10H2,1-2H3,(H,16,17,18). The number of ether oxygens (including phenoxy) is 1. The molecule has 0 aromatic carbocycles. The van der Waals surface area contributed by atoms with E-state index in [1.54, 1.807) is 11.8 Å². The Bertz CT molecular complexity index is 406. The molecule has 1 aliphatic rings. The first-order valence-electron chi connectivity index (χ1n) is 7.65. The van der Waals surface area contributed by atoms with Crippen molar-refractivity contribution in [2.24, 2.45) is 0 Å². The van der Waals surface area contributed by atoms with Crippen LogP contribution in [0.5, 0.6) is 5.88 Å². The van der Waals surface area contributed by atoms with E-state index in [2.05, 4.69) is 22.2 Å². The van der Waals surface area contributed by atoms with Crippen molar-refractivity contribution in [3.05, 3.63) is 6.07 Å². The first-order chi connectivity index (χ1) is 9.81. The zero-order valence-electron chi connectivity index (χ0n) is 12.5. The highest BCUT2D eigenvalue weighted by Crippen LogP contribution is 2.24. The lowest BCUT2D eigenvalue weighted by Gasteiger charge is -2.17. The molecule has 112 valence electrons. The van der Waals surface area contributed by atoms with Gasteiger partial charge in [-0.2, -0.15) is 4.98 Å². The second-order valence-electron chi connectivity index (χ2n) is 5.24. The molecule has 1 saturated carbocycles. The van der Waals surface area contributed by atoms with Crippen LogP contribution >= 0.6 is 11.8 Å². The van der Waals surface area contributed by atoms with Crippen LogP contribution in [0.4, 0.5) is 5.82 Å². The van der Waals surface area contributed by atoms with Crippen LogP contribution in [0.15, 0.2) is 11.2 Å². The number of nitrogens with one attached hydrogen (secondary N) is 1. The predicted molar refractivity (Wildman–Crippen MR) is 84.7 cm³/mol. The van der Waals surface area contributed by atoms with Crippen LogP contribution in [-0.2, 0) is 0 Å². The molecule has 0 saturated heterocycles. The maximum atomic E-state index is 6.09. The number of rotatable bonds is 6. The summed E-state index contributed by atoms with van der Waals surface area (Å²) in [6, 6.07) is 1.93. The van der Waals surface area contributed by atoms with E-state index in [4.69, 9.17) is 4.74 Å². The molecule has 4 nitrogen and oxygen atoms in total. The Labute approximate surface area is 126 Å². The molecular formula is C15H25N3OS. The van der Waals surface area contributed by atoms with Crippen molar-refractivity contribution >= 4 is 17.6 Å². The average molecular weight is 295 g/mol. The average Bonchev–Trinajstić information content (AvgIpc) is 2.73.